The van der Waals surface area contributed by atoms with Crippen LogP contribution >= 0.6 is 11.3 Å². The van der Waals surface area contributed by atoms with E-state index >= 15 is 0 Å². The quantitative estimate of drug-likeness (QED) is 0.573. The zero-order valence-electron chi connectivity index (χ0n) is 13.8. The Morgan fingerprint density at radius 3 is 2.73 bits per heavy atom. The van der Waals surface area contributed by atoms with Crippen molar-refractivity contribution in [3.8, 4) is 0 Å². The minimum atomic E-state index is -0.495. The minimum absolute atomic E-state index is 0.0740. The van der Waals surface area contributed by atoms with E-state index in [1.165, 1.54) is 17.4 Å². The summed E-state index contributed by atoms with van der Waals surface area (Å²) in [7, 11) is 0. The molecule has 7 heteroatoms. The van der Waals surface area contributed by atoms with Crippen LogP contribution in [0.2, 0.25) is 0 Å². The van der Waals surface area contributed by atoms with E-state index in [0.29, 0.717) is 22.5 Å². The van der Waals surface area contributed by atoms with Crippen molar-refractivity contribution in [1.29, 1.82) is 0 Å². The third-order valence-corrected chi connectivity index (χ3v) is 4.85. The fourth-order valence-electron chi connectivity index (χ4n) is 2.73. The molecule has 0 aliphatic heterocycles. The van der Waals surface area contributed by atoms with Crippen LogP contribution in [-0.4, -0.2) is 16.1 Å². The summed E-state index contributed by atoms with van der Waals surface area (Å²) < 4.78 is 19.3. The molecule has 2 aromatic carbocycles. The van der Waals surface area contributed by atoms with Gasteiger partial charge in [0.05, 0.1) is 0 Å². The first-order valence-electron chi connectivity index (χ1n) is 7.97. The number of hydrogen-bond acceptors (Lipinski definition) is 5. The number of benzene rings is 2. The first-order valence-corrected chi connectivity index (χ1v) is 8.79. The van der Waals surface area contributed by atoms with Crippen LogP contribution in [0.1, 0.15) is 26.7 Å². The van der Waals surface area contributed by atoms with Crippen LogP contribution in [0.25, 0.3) is 11.0 Å². The lowest BCUT2D eigenvalue weighted by molar-refractivity contribution is 0.0997. The first kappa shape index (κ1) is 16.4. The highest BCUT2D eigenvalue weighted by atomic mass is 32.1. The van der Waals surface area contributed by atoms with E-state index < -0.39 is 11.7 Å². The van der Waals surface area contributed by atoms with Gasteiger partial charge in [0.25, 0.3) is 5.91 Å². The van der Waals surface area contributed by atoms with E-state index in [9.17, 15) is 9.18 Å². The molecule has 0 bridgehead atoms. The monoisotopic (exact) mass is 367 g/mol. The second kappa shape index (κ2) is 6.68. The Balaban J connectivity index is 1.54. The number of fused-ring (bicyclic) bond motifs is 1. The number of halogens is 1. The first-order chi connectivity index (χ1) is 12.6. The molecule has 0 aliphatic rings. The van der Waals surface area contributed by atoms with Gasteiger partial charge in [-0.1, -0.05) is 53.8 Å². The largest absolute Gasteiger partial charge is 0.448 e. The van der Waals surface area contributed by atoms with E-state index in [1.54, 1.807) is 19.1 Å². The summed E-state index contributed by atoms with van der Waals surface area (Å²) in [6.07, 6.45) is 0.642. The predicted molar refractivity (Wildman–Crippen MR) is 98.0 cm³/mol. The van der Waals surface area contributed by atoms with Crippen LogP contribution in [-0.2, 0) is 6.42 Å². The molecular formula is C19H14FN3O2S. The average molecular weight is 367 g/mol. The Morgan fingerprint density at radius 1 is 1.15 bits per heavy atom. The molecule has 130 valence electrons. The summed E-state index contributed by atoms with van der Waals surface area (Å²) >= 11 is 1.30. The van der Waals surface area contributed by atoms with Gasteiger partial charge >= 0.3 is 0 Å². The number of anilines is 1. The Morgan fingerprint density at radius 2 is 1.96 bits per heavy atom. The number of hydrogen-bond donors (Lipinski definition) is 1. The standard InChI is InChI=1S/C19H14FN3O2S/c1-11-13-8-5-9-14(20)17(13)25-16(11)18(24)21-19-23-22-15(26-19)10-12-6-3-2-4-7-12/h2-9H,10H2,1H3,(H,21,23,24). The summed E-state index contributed by atoms with van der Waals surface area (Å²) in [5.41, 5.74) is 1.79. The van der Waals surface area contributed by atoms with Gasteiger partial charge in [0.2, 0.25) is 5.13 Å². The summed E-state index contributed by atoms with van der Waals surface area (Å²) in [6, 6.07) is 14.5. The smallest absolute Gasteiger partial charge is 0.293 e. The molecule has 0 radical (unpaired) electrons. The van der Waals surface area contributed by atoms with Gasteiger partial charge < -0.3 is 4.42 Å². The maximum absolute atomic E-state index is 13.8. The zero-order valence-corrected chi connectivity index (χ0v) is 14.6. The molecular weight excluding hydrogens is 353 g/mol. The summed E-state index contributed by atoms with van der Waals surface area (Å²) in [4.78, 5) is 12.5. The third-order valence-electron chi connectivity index (χ3n) is 4.01. The van der Waals surface area contributed by atoms with Crippen LogP contribution < -0.4 is 5.32 Å². The number of rotatable bonds is 4. The highest BCUT2D eigenvalue weighted by Gasteiger charge is 2.20. The van der Waals surface area contributed by atoms with Gasteiger partial charge in [0.1, 0.15) is 5.01 Å². The van der Waals surface area contributed by atoms with Gasteiger partial charge in [-0.15, -0.1) is 10.2 Å². The molecule has 0 fully saturated rings. The Labute approximate surface area is 152 Å². The molecule has 0 spiro atoms. The number of nitrogens with zero attached hydrogens (tertiary/aromatic N) is 2. The van der Waals surface area contributed by atoms with Gasteiger partial charge in [-0.05, 0) is 18.6 Å². The maximum Gasteiger partial charge on any atom is 0.293 e. The second-order valence-corrected chi connectivity index (χ2v) is 6.85. The molecule has 2 heterocycles. The summed E-state index contributed by atoms with van der Waals surface area (Å²) in [5, 5.41) is 12.5. The van der Waals surface area contributed by atoms with E-state index in [2.05, 4.69) is 15.5 Å². The van der Waals surface area contributed by atoms with Crippen molar-refractivity contribution < 1.29 is 13.6 Å². The normalized spacial score (nSPS) is 11.0. The molecule has 0 unspecified atom stereocenters. The second-order valence-electron chi connectivity index (χ2n) is 5.79. The van der Waals surface area contributed by atoms with E-state index in [4.69, 9.17) is 4.42 Å². The van der Waals surface area contributed by atoms with Crippen molar-refractivity contribution >= 4 is 33.3 Å². The molecule has 0 saturated carbocycles. The van der Waals surface area contributed by atoms with Gasteiger partial charge in [-0.2, -0.15) is 0 Å². The molecule has 26 heavy (non-hydrogen) atoms. The van der Waals surface area contributed by atoms with Crippen molar-refractivity contribution in [2.45, 2.75) is 13.3 Å². The van der Waals surface area contributed by atoms with Crippen LogP contribution in [0, 0.1) is 12.7 Å². The van der Waals surface area contributed by atoms with Crippen LogP contribution in [0.5, 0.6) is 0 Å². The SMILES string of the molecule is Cc1c(C(=O)Nc2nnc(Cc3ccccc3)s2)oc2c(F)cccc12. The van der Waals surface area contributed by atoms with Gasteiger partial charge in [-0.3, -0.25) is 10.1 Å². The van der Waals surface area contributed by atoms with Crippen LogP contribution in [0.3, 0.4) is 0 Å². The predicted octanol–water partition coefficient (Wildman–Crippen LogP) is 4.57. The molecule has 1 amide bonds. The van der Waals surface area contributed by atoms with Crippen molar-refractivity contribution in [2.75, 3.05) is 5.32 Å². The van der Waals surface area contributed by atoms with Crippen LogP contribution in [0.15, 0.2) is 52.9 Å². The number of carbonyl (C=O) groups excluding carboxylic acids is 1. The lowest BCUT2D eigenvalue weighted by Gasteiger charge is -1.98. The number of aromatic nitrogens is 2. The lowest BCUT2D eigenvalue weighted by atomic mass is 10.1. The van der Waals surface area contributed by atoms with Crippen LogP contribution in [0.4, 0.5) is 9.52 Å². The van der Waals surface area contributed by atoms with Crippen molar-refractivity contribution in [1.82, 2.24) is 10.2 Å². The van der Waals surface area contributed by atoms with Gasteiger partial charge in [-0.25, -0.2) is 4.39 Å². The Kier molecular flexibility index (Phi) is 4.22. The summed E-state index contributed by atoms with van der Waals surface area (Å²) in [5.74, 6) is -0.892. The maximum atomic E-state index is 13.8. The number of carbonyl (C=O) groups is 1. The van der Waals surface area contributed by atoms with Crippen molar-refractivity contribution in [3.05, 3.63) is 76.2 Å². The number of nitrogens with one attached hydrogen (secondary N) is 1. The number of amides is 1. The van der Waals surface area contributed by atoms with Crippen molar-refractivity contribution in [3.63, 3.8) is 0 Å². The highest BCUT2D eigenvalue weighted by molar-refractivity contribution is 7.15. The van der Waals surface area contributed by atoms with E-state index in [1.807, 2.05) is 30.3 Å². The molecule has 0 atom stereocenters. The Hall–Kier alpha value is -3.06. The molecule has 1 N–H and O–H groups in total. The van der Waals surface area contributed by atoms with Gasteiger partial charge in [0, 0.05) is 17.4 Å². The third kappa shape index (κ3) is 3.09. The number of para-hydroxylation sites is 1. The molecule has 0 aliphatic carbocycles. The number of aryl methyl sites for hydroxylation is 1. The fourth-order valence-corrected chi connectivity index (χ4v) is 3.49. The summed E-state index contributed by atoms with van der Waals surface area (Å²) in [6.45, 7) is 1.72. The van der Waals surface area contributed by atoms with E-state index in [-0.39, 0.29) is 11.3 Å². The lowest BCUT2D eigenvalue weighted by Crippen LogP contribution is -2.11. The minimum Gasteiger partial charge on any atom is -0.448 e. The van der Waals surface area contributed by atoms with E-state index in [0.717, 1.165) is 10.6 Å². The Bertz CT molecular complexity index is 1090. The van der Waals surface area contributed by atoms with Gasteiger partial charge in [0.15, 0.2) is 17.2 Å². The molecule has 0 saturated heterocycles. The molecule has 2 aromatic heterocycles. The van der Waals surface area contributed by atoms with Crippen molar-refractivity contribution in [2.24, 2.45) is 0 Å². The topological polar surface area (TPSA) is 68.0 Å². The zero-order chi connectivity index (χ0) is 18.1. The average Bonchev–Trinajstić information content (AvgIpc) is 3.21. The highest BCUT2D eigenvalue weighted by Crippen LogP contribution is 2.28. The molecule has 5 nitrogen and oxygen atoms in total. The molecule has 4 aromatic rings. The fraction of sp³-hybridized carbons (Fsp3) is 0.105. The molecule has 4 rings (SSSR count). The number of furan rings is 1.